The number of hydrogen-bond acceptors (Lipinski definition) is 4. The highest BCUT2D eigenvalue weighted by atomic mass is 19.1. The number of carbonyl (C=O) groups is 1. The molecule has 0 aliphatic carbocycles. The SMILES string of the molecule is COCCCn1c([C@@H]2CCCN(C(=O)C[C@H](N)Cc3ccc(-c4ccc(=O)[nH]c4)cc3)C2)c(C)c2cccc(F)c21. The largest absolute Gasteiger partial charge is 0.385 e. The Kier molecular flexibility index (Phi) is 9.00. The molecule has 0 saturated carbocycles. The molecule has 8 heteroatoms. The van der Waals surface area contributed by atoms with Crippen LogP contribution in [0.15, 0.2) is 65.6 Å². The molecule has 0 spiro atoms. The number of nitrogens with one attached hydrogen (secondary N) is 1. The molecule has 4 aromatic rings. The first kappa shape index (κ1) is 28.8. The maximum Gasteiger partial charge on any atom is 0.247 e. The van der Waals surface area contributed by atoms with Crippen LogP contribution in [0, 0.1) is 12.7 Å². The Hall–Kier alpha value is -3.75. The van der Waals surface area contributed by atoms with Crippen molar-refractivity contribution in [3.8, 4) is 11.1 Å². The van der Waals surface area contributed by atoms with E-state index in [2.05, 4.69) is 16.5 Å². The summed E-state index contributed by atoms with van der Waals surface area (Å²) in [5, 5.41) is 0.939. The van der Waals surface area contributed by atoms with E-state index in [1.54, 1.807) is 25.4 Å². The molecule has 1 amide bonds. The van der Waals surface area contributed by atoms with Crippen molar-refractivity contribution in [1.29, 1.82) is 0 Å². The second-order valence-electron chi connectivity index (χ2n) is 11.1. The standard InChI is InChI=1S/C33H39FN4O3/c1-22-28-7-3-8-29(34)33(28)38(16-5-17-41-2)32(22)26-6-4-15-37(21-26)31(40)19-27(35)18-23-9-11-24(12-10-23)25-13-14-30(39)36-20-25/h3,7-14,20,26-27H,4-6,15-19,21,35H2,1-2H3,(H,36,39)/t26-,27-/m1/s1. The molecule has 1 fully saturated rings. The zero-order valence-electron chi connectivity index (χ0n) is 23.9. The third-order valence-corrected chi connectivity index (χ3v) is 8.23. The van der Waals surface area contributed by atoms with Gasteiger partial charge in [0.25, 0.3) is 0 Å². The number of aryl methyl sites for hydroxylation is 2. The summed E-state index contributed by atoms with van der Waals surface area (Å²) in [4.78, 5) is 29.4. The maximum absolute atomic E-state index is 15.0. The van der Waals surface area contributed by atoms with E-state index in [0.29, 0.717) is 38.2 Å². The van der Waals surface area contributed by atoms with E-state index in [4.69, 9.17) is 10.5 Å². The van der Waals surface area contributed by atoms with E-state index >= 15 is 4.39 Å². The Morgan fingerprint density at radius 1 is 1.15 bits per heavy atom. The van der Waals surface area contributed by atoms with Gasteiger partial charge in [-0.2, -0.15) is 0 Å². The van der Waals surface area contributed by atoms with E-state index < -0.39 is 0 Å². The van der Waals surface area contributed by atoms with E-state index in [1.807, 2.05) is 35.2 Å². The van der Waals surface area contributed by atoms with Crippen LogP contribution >= 0.6 is 0 Å². The summed E-state index contributed by atoms with van der Waals surface area (Å²) in [6, 6.07) is 16.3. The van der Waals surface area contributed by atoms with Crippen LogP contribution in [0.3, 0.4) is 0 Å². The van der Waals surface area contributed by atoms with Crippen LogP contribution in [0.4, 0.5) is 4.39 Å². The number of piperidine rings is 1. The number of likely N-dealkylation sites (tertiary alicyclic amines) is 1. The molecule has 0 bridgehead atoms. The van der Waals surface area contributed by atoms with Crippen LogP contribution in [-0.2, 0) is 22.5 Å². The number of carbonyl (C=O) groups excluding carboxylic acids is 1. The first-order chi connectivity index (χ1) is 19.9. The number of halogens is 1. The fraction of sp³-hybridized carbons (Fsp3) is 0.394. The second kappa shape index (κ2) is 12.8. The zero-order chi connectivity index (χ0) is 28.9. The fourth-order valence-electron chi connectivity index (χ4n) is 6.26. The van der Waals surface area contributed by atoms with Gasteiger partial charge in [-0.05, 0) is 67.0 Å². The number of fused-ring (bicyclic) bond motifs is 1. The number of H-pyrrole nitrogens is 1. The Morgan fingerprint density at radius 2 is 1.93 bits per heavy atom. The number of benzene rings is 2. The average molecular weight is 559 g/mol. The van der Waals surface area contributed by atoms with Gasteiger partial charge in [-0.25, -0.2) is 4.39 Å². The lowest BCUT2D eigenvalue weighted by Crippen LogP contribution is -2.42. The molecular formula is C33H39FN4O3. The highest BCUT2D eigenvalue weighted by Crippen LogP contribution is 2.37. The van der Waals surface area contributed by atoms with Gasteiger partial charge in [-0.1, -0.05) is 36.4 Å². The first-order valence-corrected chi connectivity index (χ1v) is 14.4. The van der Waals surface area contributed by atoms with Crippen LogP contribution in [0.25, 0.3) is 22.0 Å². The molecule has 1 saturated heterocycles. The van der Waals surface area contributed by atoms with Gasteiger partial charge < -0.3 is 24.9 Å². The third kappa shape index (κ3) is 6.44. The number of rotatable bonds is 10. The third-order valence-electron chi connectivity index (χ3n) is 8.23. The summed E-state index contributed by atoms with van der Waals surface area (Å²) >= 11 is 0. The van der Waals surface area contributed by atoms with Crippen LogP contribution in [0.5, 0.6) is 0 Å². The highest BCUT2D eigenvalue weighted by Gasteiger charge is 2.30. The number of pyridine rings is 1. The van der Waals surface area contributed by atoms with Crippen molar-refractivity contribution in [2.45, 2.75) is 57.5 Å². The topological polar surface area (TPSA) is 93.3 Å². The molecule has 1 aliphatic heterocycles. The van der Waals surface area contributed by atoms with Crippen molar-refractivity contribution < 1.29 is 13.9 Å². The van der Waals surface area contributed by atoms with Gasteiger partial charge in [-0.3, -0.25) is 9.59 Å². The van der Waals surface area contributed by atoms with Gasteiger partial charge in [-0.15, -0.1) is 0 Å². The number of ether oxygens (including phenoxy) is 1. The minimum atomic E-state index is -0.293. The number of methoxy groups -OCH3 is 1. The van der Waals surface area contributed by atoms with Gasteiger partial charge in [0.1, 0.15) is 5.82 Å². The summed E-state index contributed by atoms with van der Waals surface area (Å²) < 4.78 is 22.4. The predicted molar refractivity (Wildman–Crippen MR) is 160 cm³/mol. The highest BCUT2D eigenvalue weighted by molar-refractivity contribution is 5.86. The van der Waals surface area contributed by atoms with Crippen molar-refractivity contribution in [2.24, 2.45) is 5.73 Å². The molecule has 41 heavy (non-hydrogen) atoms. The number of hydrogen-bond donors (Lipinski definition) is 2. The molecule has 3 heterocycles. The normalized spacial score (nSPS) is 16.3. The molecule has 1 aliphatic rings. The quantitative estimate of drug-likeness (QED) is 0.264. The summed E-state index contributed by atoms with van der Waals surface area (Å²) in [7, 11) is 1.68. The number of para-hydroxylation sites is 1. The Morgan fingerprint density at radius 3 is 2.66 bits per heavy atom. The molecular weight excluding hydrogens is 519 g/mol. The van der Waals surface area contributed by atoms with Gasteiger partial charge in [0.05, 0.1) is 5.52 Å². The molecule has 3 N–H and O–H groups in total. The van der Waals surface area contributed by atoms with Crippen molar-refractivity contribution in [2.75, 3.05) is 26.8 Å². The molecule has 0 radical (unpaired) electrons. The Balaban J connectivity index is 1.26. The van der Waals surface area contributed by atoms with E-state index in [1.165, 1.54) is 12.1 Å². The Bertz CT molecular complexity index is 1540. The molecule has 2 aromatic carbocycles. The zero-order valence-corrected chi connectivity index (χ0v) is 23.9. The van der Waals surface area contributed by atoms with Crippen LogP contribution in [0.1, 0.15) is 48.4 Å². The van der Waals surface area contributed by atoms with Crippen molar-refractivity contribution in [1.82, 2.24) is 14.5 Å². The average Bonchev–Trinajstić information content (AvgIpc) is 3.26. The maximum atomic E-state index is 15.0. The summed E-state index contributed by atoms with van der Waals surface area (Å²) in [6.07, 6.45) is 5.22. The smallest absolute Gasteiger partial charge is 0.247 e. The number of aromatic amines is 1. The molecule has 5 rings (SSSR count). The van der Waals surface area contributed by atoms with Crippen molar-refractivity contribution >= 4 is 16.8 Å². The first-order valence-electron chi connectivity index (χ1n) is 14.4. The van der Waals surface area contributed by atoms with E-state index in [0.717, 1.165) is 52.6 Å². The van der Waals surface area contributed by atoms with Gasteiger partial charge in [0.2, 0.25) is 11.5 Å². The number of nitrogens with two attached hydrogens (primary N) is 1. The number of nitrogens with zero attached hydrogens (tertiary/aromatic N) is 2. The van der Waals surface area contributed by atoms with Crippen LogP contribution in [-0.4, -0.2) is 53.2 Å². The summed E-state index contributed by atoms with van der Waals surface area (Å²) in [5.41, 5.74) is 12.2. The fourth-order valence-corrected chi connectivity index (χ4v) is 6.26. The molecule has 2 atom stereocenters. The van der Waals surface area contributed by atoms with Gasteiger partial charge in [0, 0.05) is 75.1 Å². The lowest BCUT2D eigenvalue weighted by molar-refractivity contribution is -0.132. The predicted octanol–water partition coefficient (Wildman–Crippen LogP) is 5.15. The van der Waals surface area contributed by atoms with Crippen molar-refractivity contribution in [3.05, 3.63) is 93.8 Å². The molecule has 216 valence electrons. The number of amides is 1. The molecule has 7 nitrogen and oxygen atoms in total. The van der Waals surface area contributed by atoms with Gasteiger partial charge >= 0.3 is 0 Å². The Labute approximate surface area is 240 Å². The monoisotopic (exact) mass is 558 g/mol. The lowest BCUT2D eigenvalue weighted by Gasteiger charge is -2.34. The van der Waals surface area contributed by atoms with Crippen LogP contribution < -0.4 is 11.3 Å². The molecule has 0 unspecified atom stereocenters. The number of aromatic nitrogens is 2. The van der Waals surface area contributed by atoms with Gasteiger partial charge in [0.15, 0.2) is 0 Å². The molecule has 2 aromatic heterocycles. The van der Waals surface area contributed by atoms with E-state index in [9.17, 15) is 9.59 Å². The summed E-state index contributed by atoms with van der Waals surface area (Å²) in [5.74, 6) is -0.00705. The minimum Gasteiger partial charge on any atom is -0.385 e. The van der Waals surface area contributed by atoms with E-state index in [-0.39, 0.29) is 35.7 Å². The van der Waals surface area contributed by atoms with Crippen molar-refractivity contribution in [3.63, 3.8) is 0 Å². The lowest BCUT2D eigenvalue weighted by atomic mass is 9.91. The van der Waals surface area contributed by atoms with Crippen LogP contribution in [0.2, 0.25) is 0 Å². The second-order valence-corrected chi connectivity index (χ2v) is 11.1. The summed E-state index contributed by atoms with van der Waals surface area (Å²) in [6.45, 7) is 4.68. The minimum absolute atomic E-state index is 0.0675.